The molecular weight excluding hydrogens is 238 g/mol. The summed E-state index contributed by atoms with van der Waals surface area (Å²) < 4.78 is 7.43. The van der Waals surface area contributed by atoms with Crippen LogP contribution < -0.4 is 5.32 Å². The van der Waals surface area contributed by atoms with Gasteiger partial charge in [-0.25, -0.2) is 4.98 Å². The van der Waals surface area contributed by atoms with E-state index in [1.54, 1.807) is 6.20 Å². The molecule has 100 valence electrons. The van der Waals surface area contributed by atoms with Crippen molar-refractivity contribution in [2.75, 3.05) is 25.1 Å². The Morgan fingerprint density at radius 2 is 2.11 bits per heavy atom. The van der Waals surface area contributed by atoms with Crippen LogP contribution in [0.4, 0.5) is 5.69 Å². The first-order valence-electron chi connectivity index (χ1n) is 6.82. The van der Waals surface area contributed by atoms with Crippen molar-refractivity contribution in [3.8, 4) is 5.69 Å². The average molecular weight is 257 g/mol. The van der Waals surface area contributed by atoms with E-state index in [0.29, 0.717) is 5.92 Å². The Hall–Kier alpha value is -1.81. The minimum Gasteiger partial charge on any atom is -0.383 e. The summed E-state index contributed by atoms with van der Waals surface area (Å²) in [7, 11) is 0. The summed E-state index contributed by atoms with van der Waals surface area (Å²) in [6, 6.07) is 8.34. The zero-order valence-corrected chi connectivity index (χ0v) is 11.0. The number of anilines is 1. The zero-order chi connectivity index (χ0) is 12.9. The second-order valence-corrected chi connectivity index (χ2v) is 4.92. The second kappa shape index (κ2) is 5.89. The van der Waals surface area contributed by atoms with Crippen LogP contribution in [0.5, 0.6) is 0 Å². The molecule has 0 saturated carbocycles. The van der Waals surface area contributed by atoms with E-state index in [0.717, 1.165) is 44.0 Å². The third-order valence-corrected chi connectivity index (χ3v) is 3.61. The van der Waals surface area contributed by atoms with Crippen LogP contribution in [-0.2, 0) is 4.74 Å². The first-order chi connectivity index (χ1) is 9.43. The van der Waals surface area contributed by atoms with E-state index in [9.17, 15) is 0 Å². The first kappa shape index (κ1) is 12.2. The molecular formula is C15H19N3O. The summed E-state index contributed by atoms with van der Waals surface area (Å²) in [6.45, 7) is 2.81. The fourth-order valence-electron chi connectivity index (χ4n) is 2.45. The molecule has 3 rings (SSSR count). The summed E-state index contributed by atoms with van der Waals surface area (Å²) >= 11 is 0. The molecule has 1 aromatic carbocycles. The minimum absolute atomic E-state index is 0.713. The number of ether oxygens (including phenoxy) is 1. The number of benzene rings is 1. The van der Waals surface area contributed by atoms with Crippen LogP contribution in [0, 0.1) is 5.92 Å². The maximum Gasteiger partial charge on any atom is 0.0992 e. The average Bonchev–Trinajstić information content (AvgIpc) is 3.01. The van der Waals surface area contributed by atoms with E-state index in [1.807, 2.05) is 17.1 Å². The van der Waals surface area contributed by atoms with Crippen molar-refractivity contribution in [3.63, 3.8) is 0 Å². The fourth-order valence-corrected chi connectivity index (χ4v) is 2.45. The summed E-state index contributed by atoms with van der Waals surface area (Å²) in [5, 5.41) is 3.57. The Morgan fingerprint density at radius 1 is 1.26 bits per heavy atom. The molecule has 1 saturated heterocycles. The van der Waals surface area contributed by atoms with Crippen molar-refractivity contribution >= 4 is 5.69 Å². The van der Waals surface area contributed by atoms with Crippen LogP contribution in [-0.4, -0.2) is 29.3 Å². The van der Waals surface area contributed by atoms with E-state index in [2.05, 4.69) is 34.6 Å². The number of rotatable bonds is 4. The summed E-state index contributed by atoms with van der Waals surface area (Å²) in [5.41, 5.74) is 2.30. The summed E-state index contributed by atoms with van der Waals surface area (Å²) in [5.74, 6) is 0.713. The molecule has 0 bridgehead atoms. The number of imidazole rings is 1. The predicted molar refractivity (Wildman–Crippen MR) is 75.6 cm³/mol. The molecule has 0 radical (unpaired) electrons. The van der Waals surface area contributed by atoms with E-state index in [-0.39, 0.29) is 0 Å². The Bertz CT molecular complexity index is 504. The molecule has 4 nitrogen and oxygen atoms in total. The van der Waals surface area contributed by atoms with E-state index in [4.69, 9.17) is 4.74 Å². The SMILES string of the molecule is c1ccc(-n2ccnc2)c(NCC2CCOCC2)c1. The van der Waals surface area contributed by atoms with E-state index < -0.39 is 0 Å². The number of hydrogen-bond donors (Lipinski definition) is 1. The van der Waals surface area contributed by atoms with Gasteiger partial charge in [-0.3, -0.25) is 0 Å². The predicted octanol–water partition coefficient (Wildman–Crippen LogP) is 2.71. The minimum atomic E-state index is 0.713. The lowest BCUT2D eigenvalue weighted by molar-refractivity contribution is 0.0699. The molecule has 1 N–H and O–H groups in total. The molecule has 4 heteroatoms. The number of aromatic nitrogens is 2. The Morgan fingerprint density at radius 3 is 2.89 bits per heavy atom. The molecule has 2 aromatic rings. The van der Waals surface area contributed by atoms with Gasteiger partial charge in [-0.05, 0) is 30.9 Å². The van der Waals surface area contributed by atoms with Gasteiger partial charge in [-0.2, -0.15) is 0 Å². The Balaban J connectivity index is 1.70. The third kappa shape index (κ3) is 2.96. The van der Waals surface area contributed by atoms with E-state index in [1.165, 1.54) is 0 Å². The van der Waals surface area contributed by atoms with Crippen LogP contribution in [0.25, 0.3) is 5.69 Å². The lowest BCUT2D eigenvalue weighted by atomic mass is 10.0. The third-order valence-electron chi connectivity index (χ3n) is 3.61. The second-order valence-electron chi connectivity index (χ2n) is 4.92. The summed E-state index contributed by atoms with van der Waals surface area (Å²) in [4.78, 5) is 4.11. The highest BCUT2D eigenvalue weighted by Crippen LogP contribution is 2.21. The number of para-hydroxylation sites is 2. The highest BCUT2D eigenvalue weighted by atomic mass is 16.5. The van der Waals surface area contributed by atoms with Crippen molar-refractivity contribution < 1.29 is 4.74 Å². The van der Waals surface area contributed by atoms with Crippen molar-refractivity contribution in [1.82, 2.24) is 9.55 Å². The standard InChI is InChI=1S/C15H19N3O/c1-2-4-15(18-8-7-16-12-18)14(3-1)17-11-13-5-9-19-10-6-13/h1-4,7-8,12-13,17H,5-6,9-11H2. The van der Waals surface area contributed by atoms with Crippen LogP contribution in [0.1, 0.15) is 12.8 Å². The van der Waals surface area contributed by atoms with Crippen molar-refractivity contribution in [2.45, 2.75) is 12.8 Å². The van der Waals surface area contributed by atoms with Crippen LogP contribution in [0.2, 0.25) is 0 Å². The van der Waals surface area contributed by atoms with Gasteiger partial charge in [0.1, 0.15) is 0 Å². The molecule has 1 aliphatic rings. The molecule has 1 aromatic heterocycles. The van der Waals surface area contributed by atoms with Crippen molar-refractivity contribution in [3.05, 3.63) is 43.0 Å². The maximum atomic E-state index is 5.39. The van der Waals surface area contributed by atoms with Crippen molar-refractivity contribution in [1.29, 1.82) is 0 Å². The zero-order valence-electron chi connectivity index (χ0n) is 11.0. The van der Waals surface area contributed by atoms with Crippen LogP contribution >= 0.6 is 0 Å². The largest absolute Gasteiger partial charge is 0.383 e. The van der Waals surface area contributed by atoms with Gasteiger partial charge in [0.25, 0.3) is 0 Å². The smallest absolute Gasteiger partial charge is 0.0992 e. The van der Waals surface area contributed by atoms with Gasteiger partial charge in [0.05, 0.1) is 17.7 Å². The van der Waals surface area contributed by atoms with Gasteiger partial charge in [-0.15, -0.1) is 0 Å². The van der Waals surface area contributed by atoms with Gasteiger partial charge in [0.2, 0.25) is 0 Å². The molecule has 1 fully saturated rings. The number of hydrogen-bond acceptors (Lipinski definition) is 3. The lowest BCUT2D eigenvalue weighted by Gasteiger charge is -2.23. The quantitative estimate of drug-likeness (QED) is 0.915. The van der Waals surface area contributed by atoms with Gasteiger partial charge < -0.3 is 14.6 Å². The summed E-state index contributed by atoms with van der Waals surface area (Å²) in [6.07, 6.45) is 7.90. The number of nitrogens with one attached hydrogen (secondary N) is 1. The number of nitrogens with zero attached hydrogens (tertiary/aromatic N) is 2. The van der Waals surface area contributed by atoms with E-state index >= 15 is 0 Å². The van der Waals surface area contributed by atoms with Crippen molar-refractivity contribution in [2.24, 2.45) is 5.92 Å². The Labute approximate surface area is 113 Å². The lowest BCUT2D eigenvalue weighted by Crippen LogP contribution is -2.23. The highest BCUT2D eigenvalue weighted by Gasteiger charge is 2.14. The molecule has 19 heavy (non-hydrogen) atoms. The molecule has 0 atom stereocenters. The molecule has 0 amide bonds. The molecule has 0 aliphatic carbocycles. The van der Waals surface area contributed by atoms with Gasteiger partial charge in [-0.1, -0.05) is 12.1 Å². The topological polar surface area (TPSA) is 39.1 Å². The van der Waals surface area contributed by atoms with Gasteiger partial charge in [0, 0.05) is 32.2 Å². The first-order valence-corrected chi connectivity index (χ1v) is 6.82. The molecule has 0 spiro atoms. The van der Waals surface area contributed by atoms with Gasteiger partial charge in [0.15, 0.2) is 0 Å². The Kier molecular flexibility index (Phi) is 3.79. The molecule has 2 heterocycles. The monoisotopic (exact) mass is 257 g/mol. The van der Waals surface area contributed by atoms with Crippen LogP contribution in [0.3, 0.4) is 0 Å². The maximum absolute atomic E-state index is 5.39. The molecule has 0 unspecified atom stereocenters. The molecule has 1 aliphatic heterocycles. The highest BCUT2D eigenvalue weighted by molar-refractivity contribution is 5.60. The fraction of sp³-hybridized carbons (Fsp3) is 0.400. The van der Waals surface area contributed by atoms with Gasteiger partial charge >= 0.3 is 0 Å². The van der Waals surface area contributed by atoms with Crippen LogP contribution in [0.15, 0.2) is 43.0 Å². The normalized spacial score (nSPS) is 16.4.